The third kappa shape index (κ3) is 4.96. The van der Waals surface area contributed by atoms with Gasteiger partial charge in [-0.1, -0.05) is 31.2 Å². The van der Waals surface area contributed by atoms with Crippen molar-refractivity contribution in [3.8, 4) is 5.82 Å². The van der Waals surface area contributed by atoms with Crippen LogP contribution in [0.2, 0.25) is 0 Å². The largest absolute Gasteiger partial charge is 0.329 e. The number of hydrogen-bond acceptors (Lipinski definition) is 4. The molecule has 1 saturated heterocycles. The summed E-state index contributed by atoms with van der Waals surface area (Å²) in [6, 6.07) is 12.3. The number of carbonyl (C=O) groups is 1. The Morgan fingerprint density at radius 2 is 1.97 bits per heavy atom. The van der Waals surface area contributed by atoms with Crippen LogP contribution in [0.15, 0.2) is 61.3 Å². The minimum Gasteiger partial charge on any atom is -0.329 e. The van der Waals surface area contributed by atoms with Crippen LogP contribution in [-0.4, -0.2) is 45.0 Å². The SMILES string of the molecule is CCc1ccc(C2CNCCN2C(=O)c2ccc(-n3ccnc3)nc2)cc1.Cl.Cl. The quantitative estimate of drug-likeness (QED) is 0.683. The Kier molecular flexibility index (Phi) is 8.20. The predicted molar refractivity (Wildman–Crippen MR) is 118 cm³/mol. The zero-order chi connectivity index (χ0) is 18.6. The lowest BCUT2D eigenvalue weighted by Crippen LogP contribution is -2.48. The molecule has 1 aliphatic rings. The summed E-state index contributed by atoms with van der Waals surface area (Å²) in [6.07, 6.45) is 7.89. The lowest BCUT2D eigenvalue weighted by Gasteiger charge is -2.36. The van der Waals surface area contributed by atoms with Crippen molar-refractivity contribution < 1.29 is 4.79 Å². The third-order valence-corrected chi connectivity index (χ3v) is 5.04. The van der Waals surface area contributed by atoms with E-state index in [2.05, 4.69) is 46.5 Å². The van der Waals surface area contributed by atoms with Crippen LogP contribution in [0.5, 0.6) is 0 Å². The van der Waals surface area contributed by atoms with Crippen LogP contribution in [-0.2, 0) is 6.42 Å². The van der Waals surface area contributed by atoms with E-state index in [0.29, 0.717) is 12.1 Å². The fraction of sp³-hybridized carbons (Fsp3) is 0.286. The second-order valence-electron chi connectivity index (χ2n) is 6.69. The van der Waals surface area contributed by atoms with Crippen molar-refractivity contribution >= 4 is 30.7 Å². The molecule has 29 heavy (non-hydrogen) atoms. The van der Waals surface area contributed by atoms with Gasteiger partial charge >= 0.3 is 0 Å². The van der Waals surface area contributed by atoms with E-state index < -0.39 is 0 Å². The Hall–Kier alpha value is -2.41. The van der Waals surface area contributed by atoms with Gasteiger partial charge in [0, 0.05) is 38.2 Å². The van der Waals surface area contributed by atoms with Crippen LogP contribution in [0.3, 0.4) is 0 Å². The van der Waals surface area contributed by atoms with E-state index >= 15 is 0 Å². The van der Waals surface area contributed by atoms with Gasteiger partial charge in [-0.15, -0.1) is 24.8 Å². The minimum absolute atomic E-state index is 0. The van der Waals surface area contributed by atoms with E-state index in [1.54, 1.807) is 18.7 Å². The molecule has 1 unspecified atom stereocenters. The van der Waals surface area contributed by atoms with E-state index in [1.165, 1.54) is 5.56 Å². The smallest absolute Gasteiger partial charge is 0.256 e. The summed E-state index contributed by atoms with van der Waals surface area (Å²) in [5, 5.41) is 3.41. The minimum atomic E-state index is 0. The van der Waals surface area contributed by atoms with E-state index in [4.69, 9.17) is 0 Å². The molecule has 0 saturated carbocycles. The van der Waals surface area contributed by atoms with Crippen LogP contribution < -0.4 is 5.32 Å². The molecule has 1 N–H and O–H groups in total. The first-order chi connectivity index (χ1) is 13.3. The van der Waals surface area contributed by atoms with Crippen molar-refractivity contribution in [2.24, 2.45) is 0 Å². The number of benzene rings is 1. The fourth-order valence-corrected chi connectivity index (χ4v) is 3.45. The molecule has 154 valence electrons. The first-order valence-corrected chi connectivity index (χ1v) is 9.31. The van der Waals surface area contributed by atoms with E-state index in [1.807, 2.05) is 27.8 Å². The molecule has 0 spiro atoms. The second-order valence-corrected chi connectivity index (χ2v) is 6.69. The molecule has 1 amide bonds. The molecule has 1 aliphatic heterocycles. The maximum Gasteiger partial charge on any atom is 0.256 e. The number of amides is 1. The summed E-state index contributed by atoms with van der Waals surface area (Å²) in [6.45, 7) is 4.39. The zero-order valence-electron chi connectivity index (χ0n) is 16.2. The van der Waals surface area contributed by atoms with Crippen molar-refractivity contribution in [1.29, 1.82) is 0 Å². The number of piperazine rings is 1. The van der Waals surface area contributed by atoms with Crippen LogP contribution in [0.4, 0.5) is 0 Å². The third-order valence-electron chi connectivity index (χ3n) is 5.04. The summed E-state index contributed by atoms with van der Waals surface area (Å²) >= 11 is 0. The van der Waals surface area contributed by atoms with Crippen molar-refractivity contribution in [3.63, 3.8) is 0 Å². The highest BCUT2D eigenvalue weighted by Gasteiger charge is 2.28. The van der Waals surface area contributed by atoms with Crippen LogP contribution in [0.25, 0.3) is 5.82 Å². The number of nitrogens with one attached hydrogen (secondary N) is 1. The number of halogens is 2. The predicted octanol–water partition coefficient (Wildman–Crippen LogP) is 3.46. The average molecular weight is 434 g/mol. The maximum absolute atomic E-state index is 13.1. The van der Waals surface area contributed by atoms with Gasteiger partial charge in [-0.3, -0.25) is 9.36 Å². The van der Waals surface area contributed by atoms with Gasteiger partial charge in [-0.25, -0.2) is 9.97 Å². The summed E-state index contributed by atoms with van der Waals surface area (Å²) in [5.74, 6) is 0.766. The first-order valence-electron chi connectivity index (χ1n) is 9.31. The van der Waals surface area contributed by atoms with Gasteiger partial charge < -0.3 is 10.2 Å². The van der Waals surface area contributed by atoms with Gasteiger partial charge in [0.1, 0.15) is 12.1 Å². The molecular formula is C21H25Cl2N5O. The average Bonchev–Trinajstić information content (AvgIpc) is 3.28. The Morgan fingerprint density at radius 3 is 2.59 bits per heavy atom. The number of imidazole rings is 1. The van der Waals surface area contributed by atoms with E-state index in [0.717, 1.165) is 30.9 Å². The number of carbonyl (C=O) groups excluding carboxylic acids is 1. The van der Waals surface area contributed by atoms with Crippen LogP contribution in [0, 0.1) is 0 Å². The Balaban J connectivity index is 0.00000150. The number of aryl methyl sites for hydroxylation is 1. The second kappa shape index (κ2) is 10.4. The van der Waals surface area contributed by atoms with Gasteiger partial charge in [-0.2, -0.15) is 0 Å². The topological polar surface area (TPSA) is 63.1 Å². The highest BCUT2D eigenvalue weighted by atomic mass is 35.5. The highest BCUT2D eigenvalue weighted by Crippen LogP contribution is 2.25. The van der Waals surface area contributed by atoms with Crippen molar-refractivity contribution in [2.75, 3.05) is 19.6 Å². The van der Waals surface area contributed by atoms with Crippen LogP contribution in [0.1, 0.15) is 34.5 Å². The fourth-order valence-electron chi connectivity index (χ4n) is 3.45. The molecule has 3 aromatic rings. The molecule has 1 fully saturated rings. The molecular weight excluding hydrogens is 409 g/mol. The van der Waals surface area contributed by atoms with E-state index in [9.17, 15) is 4.79 Å². The molecule has 3 heterocycles. The monoisotopic (exact) mass is 433 g/mol. The summed E-state index contributed by atoms with van der Waals surface area (Å²) in [4.78, 5) is 23.5. The Labute approximate surface area is 183 Å². The standard InChI is InChI=1S/C21H23N5O.2ClH/c1-2-16-3-5-17(6-4-16)19-14-22-10-12-26(19)21(27)18-7-8-20(24-13-18)25-11-9-23-15-25;;/h3-9,11,13,15,19,22H,2,10,12,14H2,1H3;2*1H. The Morgan fingerprint density at radius 1 is 1.17 bits per heavy atom. The molecule has 1 aromatic carbocycles. The molecule has 6 nitrogen and oxygen atoms in total. The normalized spacial score (nSPS) is 15.9. The maximum atomic E-state index is 13.1. The number of hydrogen-bond donors (Lipinski definition) is 1. The summed E-state index contributed by atoms with van der Waals surface area (Å²) in [5.41, 5.74) is 3.08. The lowest BCUT2D eigenvalue weighted by molar-refractivity contribution is 0.0634. The van der Waals surface area contributed by atoms with Gasteiger partial charge in [0.05, 0.1) is 11.6 Å². The van der Waals surface area contributed by atoms with Gasteiger partial charge in [-0.05, 0) is 29.7 Å². The van der Waals surface area contributed by atoms with Crippen molar-refractivity contribution in [3.05, 3.63) is 78.0 Å². The van der Waals surface area contributed by atoms with Crippen molar-refractivity contribution in [2.45, 2.75) is 19.4 Å². The van der Waals surface area contributed by atoms with Crippen LogP contribution >= 0.6 is 24.8 Å². The van der Waals surface area contributed by atoms with Gasteiger partial charge in [0.25, 0.3) is 5.91 Å². The Bertz CT molecular complexity index is 898. The highest BCUT2D eigenvalue weighted by molar-refractivity contribution is 5.94. The van der Waals surface area contributed by atoms with Crippen molar-refractivity contribution in [1.82, 2.24) is 24.8 Å². The van der Waals surface area contributed by atoms with Gasteiger partial charge in [0.2, 0.25) is 0 Å². The summed E-state index contributed by atoms with van der Waals surface area (Å²) in [7, 11) is 0. The molecule has 0 bridgehead atoms. The number of rotatable bonds is 4. The molecule has 1 atom stereocenters. The molecule has 2 aromatic heterocycles. The summed E-state index contributed by atoms with van der Waals surface area (Å²) < 4.78 is 1.82. The number of pyridine rings is 1. The van der Waals surface area contributed by atoms with Gasteiger partial charge in [0.15, 0.2) is 0 Å². The molecule has 0 aliphatic carbocycles. The molecule has 4 rings (SSSR count). The number of nitrogens with zero attached hydrogens (tertiary/aromatic N) is 4. The molecule has 0 radical (unpaired) electrons. The number of aromatic nitrogens is 3. The van der Waals surface area contributed by atoms with E-state index in [-0.39, 0.29) is 36.8 Å². The lowest BCUT2D eigenvalue weighted by atomic mass is 10.00. The zero-order valence-corrected chi connectivity index (χ0v) is 17.8. The first kappa shape index (κ1) is 22.9. The molecule has 8 heteroatoms.